The van der Waals surface area contributed by atoms with Crippen molar-refractivity contribution in [3.63, 3.8) is 0 Å². The Hall–Kier alpha value is -2.15. The highest BCUT2D eigenvalue weighted by Gasteiger charge is 2.32. The molecule has 1 aliphatic heterocycles. The SMILES string of the molecule is CCN(CCO)C(=O)N[C@@H]1CC(=O)N(c2ccc(F)cc2)C1. The predicted octanol–water partition coefficient (Wildman–Crippen LogP) is 0.955. The van der Waals surface area contributed by atoms with E-state index < -0.39 is 0 Å². The average Bonchev–Trinajstić information content (AvgIpc) is 2.86. The summed E-state index contributed by atoms with van der Waals surface area (Å²) in [5.74, 6) is -0.468. The van der Waals surface area contributed by atoms with Gasteiger partial charge in [0.15, 0.2) is 0 Å². The number of nitrogens with zero attached hydrogens (tertiary/aromatic N) is 2. The van der Waals surface area contributed by atoms with Gasteiger partial charge in [-0.15, -0.1) is 0 Å². The highest BCUT2D eigenvalue weighted by molar-refractivity contribution is 5.96. The van der Waals surface area contributed by atoms with E-state index in [1.54, 1.807) is 12.1 Å². The molecule has 2 N–H and O–H groups in total. The molecule has 1 aromatic carbocycles. The van der Waals surface area contributed by atoms with Gasteiger partial charge in [0.2, 0.25) is 5.91 Å². The van der Waals surface area contributed by atoms with Crippen molar-refractivity contribution >= 4 is 17.6 Å². The number of amides is 3. The first-order valence-electron chi connectivity index (χ1n) is 7.27. The molecule has 6 nitrogen and oxygen atoms in total. The number of benzene rings is 1. The van der Waals surface area contributed by atoms with E-state index in [9.17, 15) is 14.0 Å². The van der Waals surface area contributed by atoms with E-state index in [1.165, 1.54) is 21.9 Å². The molecular formula is C15H20FN3O3. The van der Waals surface area contributed by atoms with Crippen LogP contribution in [0.15, 0.2) is 24.3 Å². The van der Waals surface area contributed by atoms with E-state index >= 15 is 0 Å². The van der Waals surface area contributed by atoms with E-state index in [0.717, 1.165) is 0 Å². The number of aliphatic hydroxyl groups excluding tert-OH is 1. The number of halogens is 1. The summed E-state index contributed by atoms with van der Waals surface area (Å²) in [5.41, 5.74) is 0.617. The molecule has 120 valence electrons. The maximum Gasteiger partial charge on any atom is 0.317 e. The number of carbonyl (C=O) groups excluding carboxylic acids is 2. The fraction of sp³-hybridized carbons (Fsp3) is 0.467. The highest BCUT2D eigenvalue weighted by Crippen LogP contribution is 2.21. The largest absolute Gasteiger partial charge is 0.395 e. The Morgan fingerprint density at radius 3 is 2.73 bits per heavy atom. The summed E-state index contributed by atoms with van der Waals surface area (Å²) in [6, 6.07) is 5.10. The molecule has 0 bridgehead atoms. The third-order valence-electron chi connectivity index (χ3n) is 3.63. The van der Waals surface area contributed by atoms with Crippen LogP contribution >= 0.6 is 0 Å². The van der Waals surface area contributed by atoms with Crippen LogP contribution in [0.3, 0.4) is 0 Å². The number of likely N-dealkylation sites (N-methyl/N-ethyl adjacent to an activating group) is 1. The molecule has 0 unspecified atom stereocenters. The van der Waals surface area contributed by atoms with Crippen molar-refractivity contribution in [2.45, 2.75) is 19.4 Å². The van der Waals surface area contributed by atoms with Gasteiger partial charge in [-0.2, -0.15) is 0 Å². The Bertz CT molecular complexity index is 535. The Morgan fingerprint density at radius 2 is 2.14 bits per heavy atom. The number of aliphatic hydroxyl groups is 1. The lowest BCUT2D eigenvalue weighted by atomic mass is 10.2. The summed E-state index contributed by atoms with van der Waals surface area (Å²) in [6.45, 7) is 2.80. The molecule has 0 aliphatic carbocycles. The molecular weight excluding hydrogens is 289 g/mol. The number of nitrogens with one attached hydrogen (secondary N) is 1. The Kier molecular flexibility index (Phi) is 5.32. The van der Waals surface area contributed by atoms with E-state index in [4.69, 9.17) is 5.11 Å². The van der Waals surface area contributed by atoms with Crippen LogP contribution in [0.2, 0.25) is 0 Å². The summed E-state index contributed by atoms with van der Waals surface area (Å²) in [4.78, 5) is 27.1. The molecule has 2 rings (SSSR count). The highest BCUT2D eigenvalue weighted by atomic mass is 19.1. The van der Waals surface area contributed by atoms with Crippen LogP contribution in [0.5, 0.6) is 0 Å². The molecule has 1 fully saturated rings. The van der Waals surface area contributed by atoms with Crippen LogP contribution in [-0.4, -0.2) is 54.2 Å². The fourth-order valence-corrected chi connectivity index (χ4v) is 2.46. The Balaban J connectivity index is 1.97. The van der Waals surface area contributed by atoms with Crippen LogP contribution in [0, 0.1) is 5.82 Å². The first-order valence-corrected chi connectivity index (χ1v) is 7.27. The van der Waals surface area contributed by atoms with Crippen molar-refractivity contribution in [3.8, 4) is 0 Å². The minimum atomic E-state index is -0.358. The van der Waals surface area contributed by atoms with Gasteiger partial charge in [0, 0.05) is 31.7 Å². The molecule has 0 aromatic heterocycles. The van der Waals surface area contributed by atoms with Gasteiger partial charge in [0.1, 0.15) is 5.82 Å². The van der Waals surface area contributed by atoms with Gasteiger partial charge >= 0.3 is 6.03 Å². The maximum absolute atomic E-state index is 12.9. The van der Waals surface area contributed by atoms with Gasteiger partial charge in [0.05, 0.1) is 12.6 Å². The van der Waals surface area contributed by atoms with Crippen LogP contribution in [0.25, 0.3) is 0 Å². The standard InChI is InChI=1S/C15H20FN3O3/c1-2-18(7-8-20)15(22)17-12-9-14(21)19(10-12)13-5-3-11(16)4-6-13/h3-6,12,20H,2,7-10H2,1H3,(H,17,22)/t12-/m1/s1. The first-order chi connectivity index (χ1) is 10.5. The molecule has 1 aliphatic rings. The zero-order chi connectivity index (χ0) is 16.1. The zero-order valence-corrected chi connectivity index (χ0v) is 12.5. The monoisotopic (exact) mass is 309 g/mol. The lowest BCUT2D eigenvalue weighted by Gasteiger charge is -2.23. The molecule has 1 heterocycles. The smallest absolute Gasteiger partial charge is 0.317 e. The summed E-state index contributed by atoms with van der Waals surface area (Å²) < 4.78 is 12.9. The number of hydrogen-bond donors (Lipinski definition) is 2. The second-order valence-corrected chi connectivity index (χ2v) is 5.13. The van der Waals surface area contributed by atoms with Gasteiger partial charge in [-0.25, -0.2) is 9.18 Å². The number of anilines is 1. The van der Waals surface area contributed by atoms with Crippen LogP contribution in [0.4, 0.5) is 14.9 Å². The fourth-order valence-electron chi connectivity index (χ4n) is 2.46. The summed E-state index contributed by atoms with van der Waals surface area (Å²) in [6.07, 6.45) is 0.208. The number of carbonyl (C=O) groups is 2. The molecule has 1 saturated heterocycles. The molecule has 0 saturated carbocycles. The Labute approximate surface area is 128 Å². The maximum atomic E-state index is 12.9. The van der Waals surface area contributed by atoms with Crippen molar-refractivity contribution in [1.82, 2.24) is 10.2 Å². The first kappa shape index (κ1) is 16.2. The molecule has 1 aromatic rings. The third kappa shape index (κ3) is 3.73. The second kappa shape index (κ2) is 7.22. The second-order valence-electron chi connectivity index (χ2n) is 5.13. The number of hydrogen-bond acceptors (Lipinski definition) is 3. The Morgan fingerprint density at radius 1 is 1.45 bits per heavy atom. The third-order valence-corrected chi connectivity index (χ3v) is 3.63. The lowest BCUT2D eigenvalue weighted by Crippen LogP contribution is -2.46. The van der Waals surface area contributed by atoms with Gasteiger partial charge in [0.25, 0.3) is 0 Å². The minimum Gasteiger partial charge on any atom is -0.395 e. The molecule has 0 spiro atoms. The molecule has 22 heavy (non-hydrogen) atoms. The van der Waals surface area contributed by atoms with E-state index in [0.29, 0.717) is 18.8 Å². The van der Waals surface area contributed by atoms with Crippen LogP contribution < -0.4 is 10.2 Å². The average molecular weight is 309 g/mol. The summed E-state index contributed by atoms with van der Waals surface area (Å²) in [7, 11) is 0. The van der Waals surface area contributed by atoms with Gasteiger partial charge in [-0.3, -0.25) is 4.79 Å². The normalized spacial score (nSPS) is 17.7. The predicted molar refractivity (Wildman–Crippen MR) is 80.0 cm³/mol. The van der Waals surface area contributed by atoms with Gasteiger partial charge in [-0.05, 0) is 31.2 Å². The number of rotatable bonds is 5. The molecule has 7 heteroatoms. The van der Waals surface area contributed by atoms with Gasteiger partial charge < -0.3 is 20.2 Å². The number of urea groups is 1. The molecule has 0 radical (unpaired) electrons. The van der Waals surface area contributed by atoms with Crippen molar-refractivity contribution < 1.29 is 19.1 Å². The molecule has 3 amide bonds. The van der Waals surface area contributed by atoms with E-state index in [2.05, 4.69) is 5.32 Å². The van der Waals surface area contributed by atoms with Crippen LogP contribution in [-0.2, 0) is 4.79 Å². The van der Waals surface area contributed by atoms with Crippen molar-refractivity contribution in [2.75, 3.05) is 31.1 Å². The summed E-state index contributed by atoms with van der Waals surface area (Å²) >= 11 is 0. The van der Waals surface area contributed by atoms with E-state index in [1.807, 2.05) is 6.92 Å². The minimum absolute atomic E-state index is 0.105. The quantitative estimate of drug-likeness (QED) is 0.851. The lowest BCUT2D eigenvalue weighted by molar-refractivity contribution is -0.117. The summed E-state index contributed by atoms with van der Waals surface area (Å²) in [5, 5.41) is 11.7. The van der Waals surface area contributed by atoms with E-state index in [-0.39, 0.29) is 43.4 Å². The van der Waals surface area contributed by atoms with Crippen LogP contribution in [0.1, 0.15) is 13.3 Å². The van der Waals surface area contributed by atoms with Crippen molar-refractivity contribution in [1.29, 1.82) is 0 Å². The zero-order valence-electron chi connectivity index (χ0n) is 12.5. The molecule has 1 atom stereocenters. The topological polar surface area (TPSA) is 72.9 Å². The van der Waals surface area contributed by atoms with Crippen molar-refractivity contribution in [2.24, 2.45) is 0 Å². The van der Waals surface area contributed by atoms with Crippen molar-refractivity contribution in [3.05, 3.63) is 30.1 Å². The van der Waals surface area contributed by atoms with Gasteiger partial charge in [-0.1, -0.05) is 0 Å².